The molecule has 1 fully saturated rings. The first-order valence-electron chi connectivity index (χ1n) is 9.82. The molecule has 2 atom stereocenters. The molecule has 1 unspecified atom stereocenters. The van der Waals surface area contributed by atoms with Crippen LogP contribution in [-0.4, -0.2) is 73.8 Å². The number of fused-ring (bicyclic) bond motifs is 1. The van der Waals surface area contributed by atoms with Gasteiger partial charge in [-0.3, -0.25) is 14.5 Å². The van der Waals surface area contributed by atoms with E-state index in [-0.39, 0.29) is 22.9 Å². The number of thioether (sulfide) groups is 1. The first kappa shape index (κ1) is 25.7. The standard InChI is InChI=1S/C20H21ClN4O7S2/c1-20(2,3)32-12(26)6-31-24-13(11-8-33-9-22-11)16(27)23-14-17(28)25-15(19(29)30)10(4-5-21)7-34-18(14)25/h4-5,8-9,14,18H,6-7H2,1-3H3,(H,23,27)(H,29,30)/b5-4+,24-13-/t14?,18-/m1/s1. The van der Waals surface area contributed by atoms with Crippen molar-refractivity contribution in [1.82, 2.24) is 15.2 Å². The van der Waals surface area contributed by atoms with E-state index in [9.17, 15) is 24.3 Å². The van der Waals surface area contributed by atoms with Crippen LogP contribution < -0.4 is 5.32 Å². The van der Waals surface area contributed by atoms with Crippen molar-refractivity contribution in [3.8, 4) is 0 Å². The van der Waals surface area contributed by atoms with Gasteiger partial charge in [-0.1, -0.05) is 16.8 Å². The highest BCUT2D eigenvalue weighted by molar-refractivity contribution is 8.00. The number of carbonyl (C=O) groups excluding carboxylic acids is 3. The normalized spacial score (nSPS) is 20.6. The van der Waals surface area contributed by atoms with Crippen molar-refractivity contribution in [2.45, 2.75) is 37.8 Å². The minimum absolute atomic E-state index is 0.176. The van der Waals surface area contributed by atoms with Gasteiger partial charge in [0, 0.05) is 16.7 Å². The second-order valence-corrected chi connectivity index (χ2v) is 10.1. The monoisotopic (exact) mass is 528 g/mol. The van der Waals surface area contributed by atoms with Gasteiger partial charge < -0.3 is 20.0 Å². The van der Waals surface area contributed by atoms with Crippen molar-refractivity contribution in [2.24, 2.45) is 5.16 Å². The van der Waals surface area contributed by atoms with Crippen LogP contribution in [0.2, 0.25) is 0 Å². The molecule has 2 N–H and O–H groups in total. The van der Waals surface area contributed by atoms with Crippen LogP contribution in [-0.2, 0) is 28.8 Å². The molecule has 0 aromatic carbocycles. The van der Waals surface area contributed by atoms with Crippen molar-refractivity contribution in [3.63, 3.8) is 0 Å². The number of ether oxygens (including phenoxy) is 1. The number of carboxylic acid groups (broad SMARTS) is 1. The maximum Gasteiger partial charge on any atom is 0.352 e. The number of β-lactam (4-membered cyclic amide) rings is 1. The van der Waals surface area contributed by atoms with Gasteiger partial charge in [0.15, 0.2) is 5.71 Å². The van der Waals surface area contributed by atoms with Crippen LogP contribution in [0, 0.1) is 0 Å². The van der Waals surface area contributed by atoms with Crippen LogP contribution in [0.3, 0.4) is 0 Å². The van der Waals surface area contributed by atoms with Crippen LogP contribution >= 0.6 is 34.7 Å². The summed E-state index contributed by atoms with van der Waals surface area (Å²) in [6.07, 6.45) is 1.42. The highest BCUT2D eigenvalue weighted by Gasteiger charge is 2.54. The van der Waals surface area contributed by atoms with Crippen LogP contribution in [0.15, 0.2) is 38.9 Å². The highest BCUT2D eigenvalue weighted by Crippen LogP contribution is 2.40. The first-order chi connectivity index (χ1) is 16.0. The Balaban J connectivity index is 1.73. The number of halogens is 1. The van der Waals surface area contributed by atoms with Crippen molar-refractivity contribution in [3.05, 3.63) is 39.5 Å². The number of allylic oxidation sites excluding steroid dienone is 1. The number of esters is 1. The molecule has 0 bridgehead atoms. The summed E-state index contributed by atoms with van der Waals surface area (Å²) in [5.41, 5.74) is 2.11. The third-order valence-electron chi connectivity index (χ3n) is 4.40. The largest absolute Gasteiger partial charge is 0.477 e. The van der Waals surface area contributed by atoms with Gasteiger partial charge in [-0.25, -0.2) is 14.6 Å². The van der Waals surface area contributed by atoms with Crippen LogP contribution in [0.1, 0.15) is 26.5 Å². The number of aliphatic carboxylic acids is 1. The van der Waals surface area contributed by atoms with E-state index in [1.165, 1.54) is 40.2 Å². The van der Waals surface area contributed by atoms with Gasteiger partial charge in [0.2, 0.25) is 6.61 Å². The number of nitrogens with one attached hydrogen (secondary N) is 1. The molecular weight excluding hydrogens is 508 g/mol. The second kappa shape index (κ2) is 10.6. The maximum absolute atomic E-state index is 12.9. The van der Waals surface area contributed by atoms with E-state index < -0.39 is 47.4 Å². The Labute approximate surface area is 207 Å². The molecule has 2 aliphatic heterocycles. The molecule has 182 valence electrons. The molecule has 34 heavy (non-hydrogen) atoms. The van der Waals surface area contributed by atoms with Crippen LogP contribution in [0.25, 0.3) is 0 Å². The number of carbonyl (C=O) groups is 4. The van der Waals surface area contributed by atoms with E-state index in [1.54, 1.807) is 26.2 Å². The van der Waals surface area contributed by atoms with Crippen molar-refractivity contribution < 1.29 is 33.9 Å². The molecule has 1 aromatic rings. The zero-order valence-corrected chi connectivity index (χ0v) is 20.7. The second-order valence-electron chi connectivity index (χ2n) is 8.01. The highest BCUT2D eigenvalue weighted by atomic mass is 35.5. The fourth-order valence-corrected chi connectivity index (χ4v) is 5.12. The van der Waals surface area contributed by atoms with E-state index in [2.05, 4.69) is 15.5 Å². The average molecular weight is 529 g/mol. The van der Waals surface area contributed by atoms with Gasteiger partial charge in [0.05, 0.1) is 5.51 Å². The minimum Gasteiger partial charge on any atom is -0.477 e. The summed E-state index contributed by atoms with van der Waals surface area (Å²) >= 11 is 8.08. The van der Waals surface area contributed by atoms with Gasteiger partial charge in [-0.2, -0.15) is 0 Å². The lowest BCUT2D eigenvalue weighted by Crippen LogP contribution is -2.71. The number of oxime groups is 1. The first-order valence-corrected chi connectivity index (χ1v) is 12.3. The summed E-state index contributed by atoms with van der Waals surface area (Å²) in [7, 11) is 0. The fraction of sp³-hybridized carbons (Fsp3) is 0.400. The Kier molecular flexibility index (Phi) is 8.00. The minimum atomic E-state index is -1.27. The van der Waals surface area contributed by atoms with Gasteiger partial charge in [0.1, 0.15) is 28.4 Å². The number of nitrogens with zero attached hydrogens (tertiary/aromatic N) is 3. The lowest BCUT2D eigenvalue weighted by Gasteiger charge is -2.49. The smallest absolute Gasteiger partial charge is 0.352 e. The molecule has 3 heterocycles. The van der Waals surface area contributed by atoms with Gasteiger partial charge >= 0.3 is 11.9 Å². The molecule has 3 rings (SSSR count). The van der Waals surface area contributed by atoms with E-state index in [0.717, 1.165) is 4.90 Å². The van der Waals surface area contributed by atoms with Gasteiger partial charge in [0.25, 0.3) is 11.8 Å². The number of amides is 2. The molecule has 0 saturated carbocycles. The van der Waals surface area contributed by atoms with Gasteiger partial charge in [-0.15, -0.1) is 23.1 Å². The number of hydrogen-bond donors (Lipinski definition) is 2. The lowest BCUT2D eigenvalue weighted by atomic mass is 10.0. The number of rotatable bonds is 8. The average Bonchev–Trinajstić information content (AvgIpc) is 3.27. The summed E-state index contributed by atoms with van der Waals surface area (Å²) in [6, 6.07) is -0.983. The maximum atomic E-state index is 12.9. The molecule has 11 nitrogen and oxygen atoms in total. The Morgan fingerprint density at radius 2 is 2.15 bits per heavy atom. The Bertz CT molecular complexity index is 1080. The fourth-order valence-electron chi connectivity index (χ4n) is 3.11. The third kappa shape index (κ3) is 5.77. The lowest BCUT2D eigenvalue weighted by molar-refractivity contribution is -0.160. The molecule has 0 aliphatic carbocycles. The molecule has 14 heteroatoms. The molecular formula is C20H21ClN4O7S2. The molecule has 0 spiro atoms. The molecule has 2 aliphatic rings. The number of thiazole rings is 1. The van der Waals surface area contributed by atoms with E-state index in [4.69, 9.17) is 21.2 Å². The molecule has 1 saturated heterocycles. The van der Waals surface area contributed by atoms with Crippen molar-refractivity contribution in [1.29, 1.82) is 0 Å². The quantitative estimate of drug-likeness (QED) is 0.222. The summed E-state index contributed by atoms with van der Waals surface area (Å²) < 4.78 is 5.12. The molecule has 2 amide bonds. The Morgan fingerprint density at radius 1 is 1.41 bits per heavy atom. The predicted molar refractivity (Wildman–Crippen MR) is 125 cm³/mol. The topological polar surface area (TPSA) is 147 Å². The van der Waals surface area contributed by atoms with Crippen LogP contribution in [0.5, 0.6) is 0 Å². The SMILES string of the molecule is CC(C)(C)OC(=O)CO/N=C(\C(=O)NC1C(=O)N2C(C(=O)O)=C(/C=C/Cl)CS[C@H]12)c1cscn1. The van der Waals surface area contributed by atoms with E-state index in [0.29, 0.717) is 5.57 Å². The van der Waals surface area contributed by atoms with Gasteiger partial charge in [-0.05, 0) is 32.4 Å². The summed E-state index contributed by atoms with van der Waals surface area (Å²) in [6.45, 7) is 4.57. The molecule has 1 aromatic heterocycles. The van der Waals surface area contributed by atoms with Crippen molar-refractivity contribution in [2.75, 3.05) is 12.4 Å². The third-order valence-corrected chi connectivity index (χ3v) is 6.41. The van der Waals surface area contributed by atoms with E-state index >= 15 is 0 Å². The number of hydrogen-bond acceptors (Lipinski definition) is 10. The summed E-state index contributed by atoms with van der Waals surface area (Å²) in [5.74, 6) is -3.00. The predicted octanol–water partition coefficient (Wildman–Crippen LogP) is 1.70. The summed E-state index contributed by atoms with van der Waals surface area (Å²) in [4.78, 5) is 59.4. The molecule has 0 radical (unpaired) electrons. The van der Waals surface area contributed by atoms with Crippen molar-refractivity contribution >= 4 is 64.2 Å². The zero-order chi connectivity index (χ0) is 25.0. The Hall–Kier alpha value is -2.90. The number of carboxylic acids is 1. The zero-order valence-electron chi connectivity index (χ0n) is 18.3. The van der Waals surface area contributed by atoms with Crippen LogP contribution in [0.4, 0.5) is 0 Å². The Morgan fingerprint density at radius 3 is 2.74 bits per heavy atom. The van der Waals surface area contributed by atoms with E-state index in [1.807, 2.05) is 0 Å². The number of aromatic nitrogens is 1. The summed E-state index contributed by atoms with van der Waals surface area (Å²) in [5, 5.41) is 16.8.